The Balaban J connectivity index is 1.84. The maximum absolute atomic E-state index is 13.7. The second-order valence-electron chi connectivity index (χ2n) is 5.44. The quantitative estimate of drug-likeness (QED) is 0.885. The molecule has 0 spiro atoms. The van der Waals surface area contributed by atoms with Crippen molar-refractivity contribution in [3.63, 3.8) is 0 Å². The summed E-state index contributed by atoms with van der Waals surface area (Å²) < 4.78 is 32.5. The Bertz CT molecular complexity index is 653. The highest BCUT2D eigenvalue weighted by atomic mass is 19.1. The van der Waals surface area contributed by atoms with Crippen molar-refractivity contribution in [2.24, 2.45) is 0 Å². The van der Waals surface area contributed by atoms with Gasteiger partial charge in [-0.3, -0.25) is 0 Å². The van der Waals surface area contributed by atoms with E-state index >= 15 is 0 Å². The molecule has 2 nitrogen and oxygen atoms in total. The Morgan fingerprint density at radius 2 is 1.90 bits per heavy atom. The van der Waals surface area contributed by atoms with Crippen LogP contribution in [-0.4, -0.2) is 6.04 Å². The molecule has 0 unspecified atom stereocenters. The predicted octanol–water partition coefficient (Wildman–Crippen LogP) is 4.32. The molecule has 2 aromatic carbocycles. The van der Waals surface area contributed by atoms with Crippen molar-refractivity contribution in [3.05, 3.63) is 59.2 Å². The van der Waals surface area contributed by atoms with Crippen molar-refractivity contribution in [2.75, 3.05) is 0 Å². The third kappa shape index (κ3) is 3.58. The van der Waals surface area contributed by atoms with Gasteiger partial charge in [0.2, 0.25) is 0 Å². The Labute approximate surface area is 122 Å². The van der Waals surface area contributed by atoms with Crippen molar-refractivity contribution >= 4 is 0 Å². The fourth-order valence-corrected chi connectivity index (χ4v) is 2.16. The van der Waals surface area contributed by atoms with Crippen molar-refractivity contribution in [1.29, 1.82) is 0 Å². The first-order valence-electron chi connectivity index (χ1n) is 7.07. The standard InChI is InChI=1S/C17H17F2NO/c1-11-2-7-16(12(8-11)10-20-14-4-5-14)21-17-9-13(18)3-6-15(17)19/h2-3,6-9,14,20H,4-5,10H2,1H3. The molecule has 2 aromatic rings. The zero-order chi connectivity index (χ0) is 14.8. The van der Waals surface area contributed by atoms with Gasteiger partial charge in [-0.2, -0.15) is 0 Å². The molecule has 0 amide bonds. The van der Waals surface area contributed by atoms with E-state index in [1.807, 2.05) is 19.1 Å². The molecule has 1 aliphatic carbocycles. The smallest absolute Gasteiger partial charge is 0.165 e. The highest BCUT2D eigenvalue weighted by Crippen LogP contribution is 2.29. The lowest BCUT2D eigenvalue weighted by Gasteiger charge is -2.13. The van der Waals surface area contributed by atoms with Gasteiger partial charge < -0.3 is 10.1 Å². The van der Waals surface area contributed by atoms with E-state index in [-0.39, 0.29) is 5.75 Å². The summed E-state index contributed by atoms with van der Waals surface area (Å²) in [7, 11) is 0. The second-order valence-corrected chi connectivity index (χ2v) is 5.44. The minimum Gasteiger partial charge on any atom is -0.454 e. The molecule has 0 radical (unpaired) electrons. The maximum Gasteiger partial charge on any atom is 0.165 e. The number of hydrogen-bond donors (Lipinski definition) is 1. The fourth-order valence-electron chi connectivity index (χ4n) is 2.16. The number of nitrogens with one attached hydrogen (secondary N) is 1. The van der Waals surface area contributed by atoms with Crippen LogP contribution in [0.1, 0.15) is 24.0 Å². The van der Waals surface area contributed by atoms with E-state index in [9.17, 15) is 8.78 Å². The van der Waals surface area contributed by atoms with Crippen LogP contribution in [0, 0.1) is 18.6 Å². The van der Waals surface area contributed by atoms with Crippen LogP contribution in [0.2, 0.25) is 0 Å². The highest BCUT2D eigenvalue weighted by molar-refractivity contribution is 5.40. The summed E-state index contributed by atoms with van der Waals surface area (Å²) in [5.41, 5.74) is 2.06. The SMILES string of the molecule is Cc1ccc(Oc2cc(F)ccc2F)c(CNC2CC2)c1. The Hall–Kier alpha value is -1.94. The van der Waals surface area contributed by atoms with Crippen molar-refractivity contribution < 1.29 is 13.5 Å². The Morgan fingerprint density at radius 1 is 1.10 bits per heavy atom. The normalized spacial score (nSPS) is 14.2. The molecule has 0 atom stereocenters. The summed E-state index contributed by atoms with van der Waals surface area (Å²) in [5.74, 6) is -0.626. The van der Waals surface area contributed by atoms with Gasteiger partial charge in [0, 0.05) is 24.2 Å². The maximum atomic E-state index is 13.7. The monoisotopic (exact) mass is 289 g/mol. The number of halogens is 2. The largest absolute Gasteiger partial charge is 0.454 e. The van der Waals surface area contributed by atoms with Gasteiger partial charge in [-0.1, -0.05) is 17.7 Å². The lowest BCUT2D eigenvalue weighted by atomic mass is 10.1. The molecule has 1 aliphatic rings. The van der Waals surface area contributed by atoms with E-state index in [0.717, 1.165) is 29.3 Å². The molecule has 21 heavy (non-hydrogen) atoms. The average molecular weight is 289 g/mol. The van der Waals surface area contributed by atoms with E-state index in [4.69, 9.17) is 4.74 Å². The van der Waals surface area contributed by atoms with Gasteiger partial charge in [-0.25, -0.2) is 8.78 Å². The van der Waals surface area contributed by atoms with Crippen LogP contribution >= 0.6 is 0 Å². The number of rotatable bonds is 5. The Kier molecular flexibility index (Phi) is 3.88. The fraction of sp³-hybridized carbons (Fsp3) is 0.294. The molecule has 0 saturated heterocycles. The van der Waals surface area contributed by atoms with Crippen LogP contribution in [0.25, 0.3) is 0 Å². The van der Waals surface area contributed by atoms with E-state index in [1.165, 1.54) is 12.8 Å². The van der Waals surface area contributed by atoms with Crippen LogP contribution < -0.4 is 10.1 Å². The molecule has 1 saturated carbocycles. The van der Waals surface area contributed by atoms with Crippen LogP contribution in [-0.2, 0) is 6.54 Å². The molecule has 110 valence electrons. The molecule has 4 heteroatoms. The Morgan fingerprint density at radius 3 is 2.67 bits per heavy atom. The third-order valence-electron chi connectivity index (χ3n) is 3.49. The third-order valence-corrected chi connectivity index (χ3v) is 3.49. The number of hydrogen-bond acceptors (Lipinski definition) is 2. The lowest BCUT2D eigenvalue weighted by Crippen LogP contribution is -2.15. The predicted molar refractivity (Wildman–Crippen MR) is 77.5 cm³/mol. The summed E-state index contributed by atoms with van der Waals surface area (Å²) in [5, 5.41) is 3.40. The second kappa shape index (κ2) is 5.82. The molecule has 1 N–H and O–H groups in total. The van der Waals surface area contributed by atoms with E-state index in [0.29, 0.717) is 18.3 Å². The van der Waals surface area contributed by atoms with Gasteiger partial charge in [0.05, 0.1) is 0 Å². The zero-order valence-electron chi connectivity index (χ0n) is 11.8. The van der Waals surface area contributed by atoms with E-state index in [2.05, 4.69) is 5.32 Å². The highest BCUT2D eigenvalue weighted by Gasteiger charge is 2.21. The van der Waals surface area contributed by atoms with E-state index in [1.54, 1.807) is 6.07 Å². The summed E-state index contributed by atoms with van der Waals surface area (Å²) in [4.78, 5) is 0. The molecular weight excluding hydrogens is 272 g/mol. The van der Waals surface area contributed by atoms with Gasteiger partial charge in [-0.05, 0) is 38.0 Å². The first kappa shape index (κ1) is 14.0. The number of ether oxygens (including phenoxy) is 1. The molecular formula is C17H17F2NO. The van der Waals surface area contributed by atoms with Crippen molar-refractivity contribution in [3.8, 4) is 11.5 Å². The van der Waals surface area contributed by atoms with Crippen LogP contribution in [0.5, 0.6) is 11.5 Å². The minimum absolute atomic E-state index is 0.0912. The van der Waals surface area contributed by atoms with E-state index < -0.39 is 11.6 Å². The van der Waals surface area contributed by atoms with Crippen LogP contribution in [0.15, 0.2) is 36.4 Å². The van der Waals surface area contributed by atoms with Crippen LogP contribution in [0.4, 0.5) is 8.78 Å². The van der Waals surface area contributed by atoms with Gasteiger partial charge in [0.15, 0.2) is 11.6 Å². The van der Waals surface area contributed by atoms with Gasteiger partial charge in [0.25, 0.3) is 0 Å². The first-order chi connectivity index (χ1) is 10.1. The minimum atomic E-state index is -0.571. The molecule has 0 aliphatic heterocycles. The lowest BCUT2D eigenvalue weighted by molar-refractivity contribution is 0.430. The molecule has 0 heterocycles. The zero-order valence-corrected chi connectivity index (χ0v) is 11.8. The van der Waals surface area contributed by atoms with Crippen molar-refractivity contribution in [2.45, 2.75) is 32.4 Å². The molecule has 0 aromatic heterocycles. The average Bonchev–Trinajstić information content (AvgIpc) is 3.27. The summed E-state index contributed by atoms with van der Waals surface area (Å²) in [6, 6.07) is 9.48. The summed E-state index contributed by atoms with van der Waals surface area (Å²) in [6.45, 7) is 2.66. The molecule has 0 bridgehead atoms. The summed E-state index contributed by atoms with van der Waals surface area (Å²) >= 11 is 0. The first-order valence-corrected chi connectivity index (χ1v) is 7.07. The number of aryl methyl sites for hydroxylation is 1. The molecule has 3 rings (SSSR count). The van der Waals surface area contributed by atoms with Gasteiger partial charge in [-0.15, -0.1) is 0 Å². The summed E-state index contributed by atoms with van der Waals surface area (Å²) in [6.07, 6.45) is 2.39. The van der Waals surface area contributed by atoms with Crippen molar-refractivity contribution in [1.82, 2.24) is 5.32 Å². The van der Waals surface area contributed by atoms with Gasteiger partial charge in [0.1, 0.15) is 11.6 Å². The van der Waals surface area contributed by atoms with Crippen LogP contribution in [0.3, 0.4) is 0 Å². The number of benzene rings is 2. The van der Waals surface area contributed by atoms with Gasteiger partial charge >= 0.3 is 0 Å². The topological polar surface area (TPSA) is 21.3 Å². The molecule has 1 fully saturated rings.